The molecule has 0 aliphatic carbocycles. The topological polar surface area (TPSA) is 92.2 Å². The Hall–Kier alpha value is -4.18. The van der Waals surface area contributed by atoms with Crippen LogP contribution in [0.1, 0.15) is 58.6 Å². The summed E-state index contributed by atoms with van der Waals surface area (Å²) in [4.78, 5) is 22.0. The fourth-order valence-electron chi connectivity index (χ4n) is 6.95. The molecule has 0 amide bonds. The summed E-state index contributed by atoms with van der Waals surface area (Å²) in [5.41, 5.74) is 6.19. The number of nitrogens with zero attached hydrogens (tertiary/aromatic N) is 6. The molecule has 0 spiro atoms. The lowest BCUT2D eigenvalue weighted by molar-refractivity contribution is 0.0778. The van der Waals surface area contributed by atoms with Gasteiger partial charge in [-0.05, 0) is 65.4 Å². The lowest BCUT2D eigenvalue weighted by Gasteiger charge is -2.42. The highest BCUT2D eigenvalue weighted by Crippen LogP contribution is 2.33. The van der Waals surface area contributed by atoms with Crippen molar-refractivity contribution in [2.45, 2.75) is 51.4 Å². The Bertz CT molecular complexity index is 1730. The number of H-pyrrole nitrogens is 1. The van der Waals surface area contributed by atoms with Crippen LogP contribution >= 0.6 is 0 Å². The van der Waals surface area contributed by atoms with E-state index in [4.69, 9.17) is 4.74 Å². The van der Waals surface area contributed by atoms with E-state index in [1.807, 2.05) is 11.6 Å². The van der Waals surface area contributed by atoms with Gasteiger partial charge in [0.25, 0.3) is 5.56 Å². The Morgan fingerprint density at radius 2 is 1.50 bits per heavy atom. The Morgan fingerprint density at radius 3 is 2.14 bits per heavy atom. The smallest absolute Gasteiger partial charge is 0.253 e. The van der Waals surface area contributed by atoms with Crippen molar-refractivity contribution in [2.75, 3.05) is 32.8 Å². The average molecular weight is 590 g/mol. The molecule has 2 aromatic heterocycles. The molecule has 0 saturated carbocycles. The number of aromatic nitrogens is 5. The quantitative estimate of drug-likeness (QED) is 0.278. The molecule has 0 unspecified atom stereocenters. The summed E-state index contributed by atoms with van der Waals surface area (Å²) < 4.78 is 7.80. The van der Waals surface area contributed by atoms with Gasteiger partial charge < -0.3 is 9.72 Å². The van der Waals surface area contributed by atoms with Gasteiger partial charge in [-0.15, -0.1) is 5.10 Å². The highest BCUT2D eigenvalue weighted by molar-refractivity contribution is 5.85. The Morgan fingerprint density at radius 1 is 0.864 bits per heavy atom. The summed E-state index contributed by atoms with van der Waals surface area (Å²) in [6.07, 6.45) is 2.10. The fraction of sp³-hybridized carbons (Fsp3) is 0.371. The van der Waals surface area contributed by atoms with Crippen LogP contribution in [0.25, 0.3) is 10.9 Å². The number of rotatable bonds is 8. The Kier molecular flexibility index (Phi) is 8.08. The molecule has 9 heteroatoms. The second-order valence-electron chi connectivity index (χ2n) is 12.1. The summed E-state index contributed by atoms with van der Waals surface area (Å²) in [6, 6.07) is 27.4. The lowest BCUT2D eigenvalue weighted by atomic mass is 9.95. The van der Waals surface area contributed by atoms with Crippen LogP contribution in [0, 0.1) is 13.8 Å². The number of hydrogen-bond acceptors (Lipinski definition) is 7. The standard InChI is InChI=1S/C35H39N7O2/c1-24-15-16-25(2)31-29(24)22-30(35(43)36-31)33(34-37-38-39-42(34)23-28-14-9-21-44-28)41-19-17-40(18-20-41)32(26-10-5-3-6-11-26)27-12-7-4-8-13-27/h3-8,10-13,15-16,22,28,32-33H,9,14,17-21,23H2,1-2H3,(H,36,43)/t28-,33+/m0/s1. The number of piperazine rings is 1. The monoisotopic (exact) mass is 589 g/mol. The number of benzene rings is 3. The van der Waals surface area contributed by atoms with Gasteiger partial charge in [0.05, 0.1) is 24.2 Å². The highest BCUT2D eigenvalue weighted by Gasteiger charge is 2.35. The van der Waals surface area contributed by atoms with Crippen LogP contribution < -0.4 is 5.56 Å². The molecular formula is C35H39N7O2. The van der Waals surface area contributed by atoms with Gasteiger partial charge in [-0.1, -0.05) is 72.8 Å². The van der Waals surface area contributed by atoms with Crippen molar-refractivity contribution in [1.82, 2.24) is 35.0 Å². The Balaban J connectivity index is 1.25. The molecule has 44 heavy (non-hydrogen) atoms. The molecule has 2 atom stereocenters. The minimum atomic E-state index is -0.395. The third kappa shape index (κ3) is 5.58. The molecule has 1 N–H and O–H groups in total. The molecule has 0 bridgehead atoms. The number of ether oxygens (including phenoxy) is 1. The van der Waals surface area contributed by atoms with Crippen molar-refractivity contribution in [3.05, 3.63) is 123 Å². The number of hydrogen-bond donors (Lipinski definition) is 1. The molecule has 2 fully saturated rings. The third-order valence-electron chi connectivity index (χ3n) is 9.28. The molecule has 9 nitrogen and oxygen atoms in total. The number of aryl methyl sites for hydroxylation is 2. The SMILES string of the molecule is Cc1ccc(C)c2[nH]c(=O)c([C@H](c3nnnn3C[C@@H]3CCCO3)N3CCN(C(c4ccccc4)c4ccccc4)CC3)cc12. The fourth-order valence-corrected chi connectivity index (χ4v) is 6.95. The first-order valence-corrected chi connectivity index (χ1v) is 15.7. The van der Waals surface area contributed by atoms with Crippen LogP contribution in [0.3, 0.4) is 0 Å². The van der Waals surface area contributed by atoms with E-state index >= 15 is 0 Å². The van der Waals surface area contributed by atoms with Gasteiger partial charge in [-0.3, -0.25) is 14.6 Å². The Labute approximate surface area is 257 Å². The molecular weight excluding hydrogens is 550 g/mol. The summed E-state index contributed by atoms with van der Waals surface area (Å²) >= 11 is 0. The maximum absolute atomic E-state index is 13.9. The van der Waals surface area contributed by atoms with E-state index in [9.17, 15) is 4.79 Å². The first-order valence-electron chi connectivity index (χ1n) is 15.7. The summed E-state index contributed by atoms with van der Waals surface area (Å²) in [7, 11) is 0. The van der Waals surface area contributed by atoms with E-state index in [1.165, 1.54) is 11.1 Å². The second-order valence-corrected chi connectivity index (χ2v) is 12.1. The molecule has 2 aliphatic heterocycles. The minimum absolute atomic E-state index is 0.0760. The van der Waals surface area contributed by atoms with E-state index in [1.54, 1.807) is 0 Å². The molecule has 2 aliphatic rings. The van der Waals surface area contributed by atoms with E-state index < -0.39 is 6.04 Å². The molecule has 5 aromatic rings. The van der Waals surface area contributed by atoms with Crippen molar-refractivity contribution in [1.29, 1.82) is 0 Å². The van der Waals surface area contributed by atoms with Crippen molar-refractivity contribution < 1.29 is 4.74 Å². The maximum atomic E-state index is 13.9. The molecule has 4 heterocycles. The third-order valence-corrected chi connectivity index (χ3v) is 9.28. The van der Waals surface area contributed by atoms with Gasteiger partial charge in [0.2, 0.25) is 0 Å². The number of aromatic amines is 1. The van der Waals surface area contributed by atoms with Crippen LogP contribution in [0.15, 0.2) is 83.7 Å². The first-order chi connectivity index (χ1) is 21.6. The number of pyridine rings is 1. The zero-order chi connectivity index (χ0) is 30.0. The van der Waals surface area contributed by atoms with Crippen LogP contribution in [0.4, 0.5) is 0 Å². The largest absolute Gasteiger partial charge is 0.376 e. The van der Waals surface area contributed by atoms with Crippen molar-refractivity contribution >= 4 is 10.9 Å². The van der Waals surface area contributed by atoms with Gasteiger partial charge in [0.1, 0.15) is 6.04 Å². The van der Waals surface area contributed by atoms with Gasteiger partial charge in [0, 0.05) is 43.7 Å². The van der Waals surface area contributed by atoms with Gasteiger partial charge in [0.15, 0.2) is 5.82 Å². The van der Waals surface area contributed by atoms with Crippen LogP contribution in [0.2, 0.25) is 0 Å². The molecule has 0 radical (unpaired) electrons. The molecule has 2 saturated heterocycles. The molecule has 226 valence electrons. The average Bonchev–Trinajstić information content (AvgIpc) is 3.75. The summed E-state index contributed by atoms with van der Waals surface area (Å²) in [5.74, 6) is 0.687. The van der Waals surface area contributed by atoms with Crippen LogP contribution in [-0.2, 0) is 11.3 Å². The first kappa shape index (κ1) is 28.6. The van der Waals surface area contributed by atoms with Crippen LogP contribution in [-0.4, -0.2) is 73.9 Å². The van der Waals surface area contributed by atoms with Crippen molar-refractivity contribution in [2.24, 2.45) is 0 Å². The van der Waals surface area contributed by atoms with E-state index in [-0.39, 0.29) is 17.7 Å². The normalized spacial score (nSPS) is 18.8. The number of nitrogens with one attached hydrogen (secondary N) is 1. The van der Waals surface area contributed by atoms with Gasteiger partial charge in [-0.25, -0.2) is 4.68 Å². The number of fused-ring (bicyclic) bond motifs is 1. The van der Waals surface area contributed by atoms with E-state index in [2.05, 4.69) is 116 Å². The van der Waals surface area contributed by atoms with Crippen molar-refractivity contribution in [3.8, 4) is 0 Å². The number of tetrazole rings is 1. The van der Waals surface area contributed by atoms with E-state index in [0.717, 1.165) is 67.7 Å². The zero-order valence-electron chi connectivity index (χ0n) is 25.4. The van der Waals surface area contributed by atoms with E-state index in [0.29, 0.717) is 17.9 Å². The second kappa shape index (κ2) is 12.4. The highest BCUT2D eigenvalue weighted by atomic mass is 16.5. The predicted octanol–water partition coefficient (Wildman–Crippen LogP) is 4.81. The lowest BCUT2D eigenvalue weighted by Crippen LogP contribution is -2.50. The van der Waals surface area contributed by atoms with Gasteiger partial charge in [-0.2, -0.15) is 0 Å². The minimum Gasteiger partial charge on any atom is -0.376 e. The molecule has 3 aromatic carbocycles. The summed E-state index contributed by atoms with van der Waals surface area (Å²) in [6.45, 7) is 8.66. The predicted molar refractivity (Wildman–Crippen MR) is 171 cm³/mol. The maximum Gasteiger partial charge on any atom is 0.253 e. The van der Waals surface area contributed by atoms with Crippen molar-refractivity contribution in [3.63, 3.8) is 0 Å². The summed E-state index contributed by atoms with van der Waals surface area (Å²) in [5, 5.41) is 14.1. The molecule has 7 rings (SSSR count). The van der Waals surface area contributed by atoms with Gasteiger partial charge >= 0.3 is 0 Å². The van der Waals surface area contributed by atoms with Crippen LogP contribution in [0.5, 0.6) is 0 Å². The zero-order valence-corrected chi connectivity index (χ0v) is 25.4.